The molecule has 1 saturated carbocycles. The van der Waals surface area contributed by atoms with Crippen LogP contribution in [-0.2, 0) is 0 Å². The Morgan fingerprint density at radius 1 is 0.941 bits per heavy atom. The second kappa shape index (κ2) is 9.94. The van der Waals surface area contributed by atoms with Crippen LogP contribution >= 0.6 is 0 Å². The molecule has 0 aromatic heterocycles. The van der Waals surface area contributed by atoms with Crippen molar-refractivity contribution in [2.24, 2.45) is 5.92 Å². The van der Waals surface area contributed by atoms with Crippen molar-refractivity contribution >= 4 is 0 Å². The van der Waals surface area contributed by atoms with E-state index in [0.717, 1.165) is 12.0 Å². The fraction of sp³-hybridized carbons (Fsp3) is 1.00. The van der Waals surface area contributed by atoms with Crippen molar-refractivity contribution < 1.29 is 0 Å². The van der Waals surface area contributed by atoms with E-state index in [1.54, 1.807) is 0 Å². The van der Waals surface area contributed by atoms with Gasteiger partial charge in [0, 0.05) is 6.04 Å². The minimum Gasteiger partial charge on any atom is -0.317 e. The van der Waals surface area contributed by atoms with Gasteiger partial charge in [0.25, 0.3) is 0 Å². The molecule has 17 heavy (non-hydrogen) atoms. The Balaban J connectivity index is 1.81. The molecule has 1 unspecified atom stereocenters. The molecule has 0 amide bonds. The summed E-state index contributed by atoms with van der Waals surface area (Å²) in [5, 5.41) is 3.49. The molecule has 1 nitrogen and oxygen atoms in total. The summed E-state index contributed by atoms with van der Waals surface area (Å²) in [6.07, 6.45) is 17.4. The van der Waals surface area contributed by atoms with E-state index in [0.29, 0.717) is 0 Å². The number of hydrogen-bond acceptors (Lipinski definition) is 1. The lowest BCUT2D eigenvalue weighted by Crippen LogP contribution is -2.25. The van der Waals surface area contributed by atoms with Crippen LogP contribution < -0.4 is 5.32 Å². The molecule has 1 rings (SSSR count). The van der Waals surface area contributed by atoms with Crippen LogP contribution in [0.4, 0.5) is 0 Å². The number of nitrogens with one attached hydrogen (secondary N) is 1. The van der Waals surface area contributed by atoms with Crippen LogP contribution in [0.5, 0.6) is 0 Å². The third kappa shape index (κ3) is 8.65. The van der Waals surface area contributed by atoms with E-state index < -0.39 is 0 Å². The summed E-state index contributed by atoms with van der Waals surface area (Å²) in [6.45, 7) is 2.29. The molecule has 0 heterocycles. The summed E-state index contributed by atoms with van der Waals surface area (Å²) >= 11 is 0. The van der Waals surface area contributed by atoms with Crippen molar-refractivity contribution in [3.05, 3.63) is 0 Å². The molecule has 0 spiro atoms. The molecule has 0 bridgehead atoms. The molecule has 1 N–H and O–H groups in total. The van der Waals surface area contributed by atoms with Crippen molar-refractivity contribution in [1.29, 1.82) is 0 Å². The van der Waals surface area contributed by atoms with Gasteiger partial charge in [-0.25, -0.2) is 0 Å². The lowest BCUT2D eigenvalue weighted by Gasteiger charge is -2.15. The molecule has 0 aromatic rings. The molecule has 0 aliphatic heterocycles. The standard InChI is InChI=1S/C16H33N/c1-3-4-5-6-7-8-9-10-11-16(17-2)14-15-12-13-15/h15-17H,3-14H2,1-2H3. The van der Waals surface area contributed by atoms with E-state index in [1.165, 1.54) is 77.0 Å². The van der Waals surface area contributed by atoms with Gasteiger partial charge < -0.3 is 5.32 Å². The molecular formula is C16H33N. The minimum atomic E-state index is 0.808. The highest BCUT2D eigenvalue weighted by molar-refractivity contribution is 4.79. The Morgan fingerprint density at radius 3 is 2.06 bits per heavy atom. The first kappa shape index (κ1) is 15.0. The van der Waals surface area contributed by atoms with Gasteiger partial charge in [0.2, 0.25) is 0 Å². The summed E-state index contributed by atoms with van der Waals surface area (Å²) in [5.41, 5.74) is 0. The summed E-state index contributed by atoms with van der Waals surface area (Å²) in [5.74, 6) is 1.07. The Morgan fingerprint density at radius 2 is 1.53 bits per heavy atom. The van der Waals surface area contributed by atoms with Crippen molar-refractivity contribution in [3.8, 4) is 0 Å². The van der Waals surface area contributed by atoms with Crippen LogP contribution in [0.1, 0.15) is 84.0 Å². The van der Waals surface area contributed by atoms with Gasteiger partial charge >= 0.3 is 0 Å². The Labute approximate surface area is 109 Å². The van der Waals surface area contributed by atoms with Crippen LogP contribution in [0, 0.1) is 5.92 Å². The van der Waals surface area contributed by atoms with Gasteiger partial charge in [-0.3, -0.25) is 0 Å². The smallest absolute Gasteiger partial charge is 0.00667 e. The summed E-state index contributed by atoms with van der Waals surface area (Å²) < 4.78 is 0. The normalized spacial score (nSPS) is 17.3. The van der Waals surface area contributed by atoms with Crippen molar-refractivity contribution in [2.75, 3.05) is 7.05 Å². The SMILES string of the molecule is CCCCCCCCCCC(CC1CC1)NC. The van der Waals surface area contributed by atoms with Crippen LogP contribution in [-0.4, -0.2) is 13.1 Å². The molecule has 1 atom stereocenters. The second-order valence-corrected chi connectivity index (χ2v) is 5.93. The zero-order valence-electron chi connectivity index (χ0n) is 12.1. The van der Waals surface area contributed by atoms with Gasteiger partial charge in [-0.1, -0.05) is 71.1 Å². The maximum atomic E-state index is 3.49. The van der Waals surface area contributed by atoms with E-state index in [-0.39, 0.29) is 0 Å². The zero-order chi connectivity index (χ0) is 12.3. The number of rotatable bonds is 12. The van der Waals surface area contributed by atoms with Crippen molar-refractivity contribution in [2.45, 2.75) is 90.0 Å². The van der Waals surface area contributed by atoms with Gasteiger partial charge in [-0.15, -0.1) is 0 Å². The van der Waals surface area contributed by atoms with E-state index >= 15 is 0 Å². The van der Waals surface area contributed by atoms with E-state index in [9.17, 15) is 0 Å². The molecule has 0 saturated heterocycles. The lowest BCUT2D eigenvalue weighted by molar-refractivity contribution is 0.438. The molecule has 1 fully saturated rings. The third-order valence-electron chi connectivity index (χ3n) is 4.13. The molecular weight excluding hydrogens is 206 g/mol. The summed E-state index contributed by atoms with van der Waals surface area (Å²) in [6, 6.07) is 0.808. The Hall–Kier alpha value is -0.0400. The van der Waals surface area contributed by atoms with Crippen LogP contribution in [0.15, 0.2) is 0 Å². The van der Waals surface area contributed by atoms with Crippen LogP contribution in [0.3, 0.4) is 0 Å². The van der Waals surface area contributed by atoms with Gasteiger partial charge in [-0.2, -0.15) is 0 Å². The van der Waals surface area contributed by atoms with Gasteiger partial charge in [0.1, 0.15) is 0 Å². The van der Waals surface area contributed by atoms with Gasteiger partial charge in [0.15, 0.2) is 0 Å². The quantitative estimate of drug-likeness (QED) is 0.477. The lowest BCUT2D eigenvalue weighted by atomic mass is 10.0. The fourth-order valence-corrected chi connectivity index (χ4v) is 2.66. The fourth-order valence-electron chi connectivity index (χ4n) is 2.66. The Bertz CT molecular complexity index is 163. The number of unbranched alkanes of at least 4 members (excludes halogenated alkanes) is 7. The highest BCUT2D eigenvalue weighted by Gasteiger charge is 2.24. The molecule has 0 aromatic carbocycles. The van der Waals surface area contributed by atoms with Gasteiger partial charge in [-0.05, 0) is 25.8 Å². The second-order valence-electron chi connectivity index (χ2n) is 5.93. The number of hydrogen-bond donors (Lipinski definition) is 1. The van der Waals surface area contributed by atoms with Crippen LogP contribution in [0.2, 0.25) is 0 Å². The van der Waals surface area contributed by atoms with E-state index in [1.807, 2.05) is 0 Å². The molecule has 0 radical (unpaired) electrons. The first-order valence-electron chi connectivity index (χ1n) is 8.04. The maximum absolute atomic E-state index is 3.49. The highest BCUT2D eigenvalue weighted by Crippen LogP contribution is 2.34. The highest BCUT2D eigenvalue weighted by atomic mass is 14.9. The predicted octanol–water partition coefficient (Wildman–Crippen LogP) is 4.91. The molecule has 1 heteroatoms. The van der Waals surface area contributed by atoms with E-state index in [2.05, 4.69) is 19.3 Å². The Kier molecular flexibility index (Phi) is 8.78. The van der Waals surface area contributed by atoms with Crippen molar-refractivity contribution in [1.82, 2.24) is 5.32 Å². The molecule has 1 aliphatic rings. The van der Waals surface area contributed by atoms with Crippen LogP contribution in [0.25, 0.3) is 0 Å². The largest absolute Gasteiger partial charge is 0.317 e. The van der Waals surface area contributed by atoms with E-state index in [4.69, 9.17) is 0 Å². The van der Waals surface area contributed by atoms with Gasteiger partial charge in [0.05, 0.1) is 0 Å². The summed E-state index contributed by atoms with van der Waals surface area (Å²) in [4.78, 5) is 0. The topological polar surface area (TPSA) is 12.0 Å². The first-order chi connectivity index (χ1) is 8.36. The summed E-state index contributed by atoms with van der Waals surface area (Å²) in [7, 11) is 2.14. The average molecular weight is 239 g/mol. The maximum Gasteiger partial charge on any atom is 0.00667 e. The zero-order valence-corrected chi connectivity index (χ0v) is 12.1. The minimum absolute atomic E-state index is 0.808. The van der Waals surface area contributed by atoms with Crippen molar-refractivity contribution in [3.63, 3.8) is 0 Å². The monoisotopic (exact) mass is 239 g/mol. The average Bonchev–Trinajstić information content (AvgIpc) is 3.15. The molecule has 1 aliphatic carbocycles. The predicted molar refractivity (Wildman–Crippen MR) is 77.4 cm³/mol. The first-order valence-corrected chi connectivity index (χ1v) is 8.04. The third-order valence-corrected chi connectivity index (χ3v) is 4.13. The molecule has 102 valence electrons.